The zero-order valence-corrected chi connectivity index (χ0v) is 20.4. The standard InChI is InChI=1S/C25H33N5O5/c1-16-21(35-18-5-4-17(12-18)13-22(31)32)7-6-19(26-16)23-20(29(2)28-27-23)14-34-24(33)30-11-10-25(15-30)8-3-9-25/h6-7,17-18H,3-5,8-15H2,1-2H3,(H,31,32)/t17-,18-/m0/s1. The van der Waals surface area contributed by atoms with E-state index in [1.165, 1.54) is 19.3 Å². The number of carbonyl (C=O) groups excluding carboxylic acids is 1. The van der Waals surface area contributed by atoms with Crippen LogP contribution < -0.4 is 4.74 Å². The van der Waals surface area contributed by atoms with Gasteiger partial charge in [0, 0.05) is 26.6 Å². The van der Waals surface area contributed by atoms with Gasteiger partial charge in [0.2, 0.25) is 0 Å². The Morgan fingerprint density at radius 2 is 2.06 bits per heavy atom. The summed E-state index contributed by atoms with van der Waals surface area (Å²) in [6.45, 7) is 3.51. The van der Waals surface area contributed by atoms with Crippen molar-refractivity contribution in [3.05, 3.63) is 23.5 Å². The zero-order valence-electron chi connectivity index (χ0n) is 20.4. The lowest BCUT2D eigenvalue weighted by Crippen LogP contribution is -2.36. The Hall–Kier alpha value is -3.17. The summed E-state index contributed by atoms with van der Waals surface area (Å²) in [7, 11) is 1.77. The van der Waals surface area contributed by atoms with Gasteiger partial charge in [0.1, 0.15) is 23.7 Å². The summed E-state index contributed by atoms with van der Waals surface area (Å²) in [5.74, 6) is 0.0891. The molecule has 3 aliphatic rings. The van der Waals surface area contributed by atoms with Gasteiger partial charge in [-0.05, 0) is 68.9 Å². The minimum atomic E-state index is -0.758. The molecule has 0 radical (unpaired) electrons. The van der Waals surface area contributed by atoms with E-state index in [-0.39, 0.29) is 31.1 Å². The summed E-state index contributed by atoms with van der Waals surface area (Å²) < 4.78 is 13.4. The third-order valence-corrected chi connectivity index (χ3v) is 7.92. The number of ether oxygens (including phenoxy) is 2. The van der Waals surface area contributed by atoms with Gasteiger partial charge in [-0.3, -0.25) is 4.79 Å². The lowest BCUT2D eigenvalue weighted by molar-refractivity contribution is -0.138. The molecule has 1 spiro atoms. The summed E-state index contributed by atoms with van der Waals surface area (Å²) in [5, 5.41) is 17.4. The Labute approximate surface area is 204 Å². The SMILES string of the molecule is Cc1nc(-c2nnn(C)c2COC(=O)N2CCC3(CCC3)C2)ccc1O[C@H]1CC[C@H](CC(=O)O)C1. The molecule has 10 heteroatoms. The van der Waals surface area contributed by atoms with Gasteiger partial charge >= 0.3 is 12.1 Å². The van der Waals surface area contributed by atoms with Crippen LogP contribution in [-0.2, 0) is 23.2 Å². The highest BCUT2D eigenvalue weighted by Gasteiger charge is 2.44. The summed E-state index contributed by atoms with van der Waals surface area (Å²) in [6.07, 6.45) is 7.10. The highest BCUT2D eigenvalue weighted by molar-refractivity contribution is 5.68. The molecule has 1 aliphatic heterocycles. The Kier molecular flexibility index (Phi) is 6.37. The van der Waals surface area contributed by atoms with E-state index in [0.717, 1.165) is 44.5 Å². The number of aliphatic carboxylic acids is 1. The molecular weight excluding hydrogens is 450 g/mol. The molecular formula is C25H33N5O5. The van der Waals surface area contributed by atoms with Crippen molar-refractivity contribution < 1.29 is 24.2 Å². The number of hydrogen-bond acceptors (Lipinski definition) is 7. The van der Waals surface area contributed by atoms with Crippen LogP contribution in [0.15, 0.2) is 12.1 Å². The highest BCUT2D eigenvalue weighted by Crippen LogP contribution is 2.48. The first-order chi connectivity index (χ1) is 16.8. The fourth-order valence-corrected chi connectivity index (χ4v) is 5.69. The number of likely N-dealkylation sites (tertiary alicyclic amines) is 1. The van der Waals surface area contributed by atoms with Crippen LogP contribution in [0.1, 0.15) is 62.8 Å². The van der Waals surface area contributed by atoms with Crippen molar-refractivity contribution in [2.45, 2.75) is 71.0 Å². The Balaban J connectivity index is 1.22. The molecule has 0 unspecified atom stereocenters. The third-order valence-electron chi connectivity index (χ3n) is 7.92. The van der Waals surface area contributed by atoms with Gasteiger partial charge in [0.05, 0.1) is 17.5 Å². The first-order valence-electron chi connectivity index (χ1n) is 12.5. The minimum absolute atomic E-state index is 0.00171. The van der Waals surface area contributed by atoms with Gasteiger partial charge in [-0.15, -0.1) is 5.10 Å². The second-order valence-electron chi connectivity index (χ2n) is 10.4. The summed E-state index contributed by atoms with van der Waals surface area (Å²) >= 11 is 0. The summed E-state index contributed by atoms with van der Waals surface area (Å²) in [4.78, 5) is 30.1. The number of carboxylic acid groups (broad SMARTS) is 1. The maximum Gasteiger partial charge on any atom is 0.410 e. The van der Waals surface area contributed by atoms with Gasteiger partial charge in [-0.2, -0.15) is 0 Å². The molecule has 10 nitrogen and oxygen atoms in total. The van der Waals surface area contributed by atoms with Crippen molar-refractivity contribution in [1.29, 1.82) is 0 Å². The smallest absolute Gasteiger partial charge is 0.410 e. The van der Waals surface area contributed by atoms with Crippen molar-refractivity contribution in [2.75, 3.05) is 13.1 Å². The molecule has 5 rings (SSSR count). The van der Waals surface area contributed by atoms with Crippen molar-refractivity contribution in [1.82, 2.24) is 24.9 Å². The molecule has 2 atom stereocenters. The Bertz CT molecular complexity index is 1110. The number of carboxylic acids is 1. The number of nitrogens with zero attached hydrogens (tertiary/aromatic N) is 5. The van der Waals surface area contributed by atoms with Crippen LogP contribution in [0.4, 0.5) is 4.79 Å². The van der Waals surface area contributed by atoms with Gasteiger partial charge in [0.25, 0.3) is 0 Å². The Morgan fingerprint density at radius 1 is 1.23 bits per heavy atom. The number of carbonyl (C=O) groups is 2. The van der Waals surface area contributed by atoms with Crippen molar-refractivity contribution in [3.8, 4) is 17.1 Å². The molecule has 0 bridgehead atoms. The topological polar surface area (TPSA) is 120 Å². The molecule has 1 saturated heterocycles. The van der Waals surface area contributed by atoms with Crippen molar-refractivity contribution in [2.24, 2.45) is 18.4 Å². The number of rotatable bonds is 7. The van der Waals surface area contributed by atoms with Gasteiger partial charge in [-0.1, -0.05) is 11.6 Å². The molecule has 2 aliphatic carbocycles. The first kappa shape index (κ1) is 23.6. The number of pyridine rings is 1. The van der Waals surface area contributed by atoms with Gasteiger partial charge in [-0.25, -0.2) is 14.5 Å². The number of aromatic nitrogens is 4. The first-order valence-corrected chi connectivity index (χ1v) is 12.5. The summed E-state index contributed by atoms with van der Waals surface area (Å²) in [5.41, 5.74) is 2.96. The predicted octanol–water partition coefficient (Wildman–Crippen LogP) is 3.72. The van der Waals surface area contributed by atoms with Gasteiger partial charge in [0.15, 0.2) is 0 Å². The number of aryl methyl sites for hydroxylation is 2. The maximum atomic E-state index is 12.7. The van der Waals surface area contributed by atoms with E-state index >= 15 is 0 Å². The van der Waals surface area contributed by atoms with Crippen LogP contribution in [0.5, 0.6) is 5.75 Å². The third kappa shape index (κ3) is 4.97. The van der Waals surface area contributed by atoms with E-state index in [9.17, 15) is 9.59 Å². The predicted molar refractivity (Wildman–Crippen MR) is 126 cm³/mol. The lowest BCUT2D eigenvalue weighted by Gasteiger charge is -2.37. The van der Waals surface area contributed by atoms with Crippen LogP contribution >= 0.6 is 0 Å². The molecule has 3 heterocycles. The highest BCUT2D eigenvalue weighted by atomic mass is 16.6. The second-order valence-corrected chi connectivity index (χ2v) is 10.4. The van der Waals surface area contributed by atoms with Crippen LogP contribution in [-0.4, -0.2) is 61.2 Å². The molecule has 2 saturated carbocycles. The number of amides is 1. The largest absolute Gasteiger partial charge is 0.489 e. The molecule has 2 aromatic heterocycles. The van der Waals surface area contributed by atoms with Crippen molar-refractivity contribution >= 4 is 12.1 Å². The van der Waals surface area contributed by atoms with E-state index in [1.54, 1.807) is 11.7 Å². The fourth-order valence-electron chi connectivity index (χ4n) is 5.69. The molecule has 1 amide bonds. The van der Waals surface area contributed by atoms with E-state index in [4.69, 9.17) is 14.6 Å². The van der Waals surface area contributed by atoms with Gasteiger partial charge < -0.3 is 19.5 Å². The van der Waals surface area contributed by atoms with Crippen LogP contribution in [0.25, 0.3) is 11.4 Å². The van der Waals surface area contributed by atoms with E-state index < -0.39 is 5.97 Å². The van der Waals surface area contributed by atoms with Crippen LogP contribution in [0, 0.1) is 18.3 Å². The van der Waals surface area contributed by atoms with Crippen LogP contribution in [0.2, 0.25) is 0 Å². The fraction of sp³-hybridized carbons (Fsp3) is 0.640. The molecule has 3 fully saturated rings. The molecule has 188 valence electrons. The van der Waals surface area contributed by atoms with E-state index in [1.807, 2.05) is 24.0 Å². The normalized spacial score (nSPS) is 22.9. The molecule has 1 N–H and O–H groups in total. The van der Waals surface area contributed by atoms with Crippen molar-refractivity contribution in [3.63, 3.8) is 0 Å². The lowest BCUT2D eigenvalue weighted by atomic mass is 9.68. The number of hydrogen-bond donors (Lipinski definition) is 1. The van der Waals surface area contributed by atoms with E-state index in [2.05, 4.69) is 15.3 Å². The maximum absolute atomic E-state index is 12.7. The quantitative estimate of drug-likeness (QED) is 0.633. The average molecular weight is 484 g/mol. The minimum Gasteiger partial charge on any atom is -0.489 e. The monoisotopic (exact) mass is 483 g/mol. The summed E-state index contributed by atoms with van der Waals surface area (Å²) in [6, 6.07) is 3.71. The van der Waals surface area contributed by atoms with Crippen LogP contribution in [0.3, 0.4) is 0 Å². The van der Waals surface area contributed by atoms with E-state index in [0.29, 0.717) is 28.2 Å². The molecule has 0 aromatic carbocycles. The molecule has 35 heavy (non-hydrogen) atoms. The molecule has 2 aromatic rings. The average Bonchev–Trinajstić information content (AvgIpc) is 3.52. The second kappa shape index (κ2) is 9.47. The zero-order chi connectivity index (χ0) is 24.6. The Morgan fingerprint density at radius 3 is 2.74 bits per heavy atom.